The van der Waals surface area contributed by atoms with Gasteiger partial charge in [-0.05, 0) is 136 Å². The molecule has 0 aliphatic heterocycles. The van der Waals surface area contributed by atoms with Crippen LogP contribution in [0, 0.1) is 46.3 Å². The lowest BCUT2D eigenvalue weighted by atomic mass is 9.47. The van der Waals surface area contributed by atoms with Gasteiger partial charge in [0.05, 0.1) is 0 Å². The van der Waals surface area contributed by atoms with E-state index < -0.39 is 0 Å². The monoisotopic (exact) mass is 635 g/mol. The lowest BCUT2D eigenvalue weighted by molar-refractivity contribution is -0.0497. The Bertz CT molecular complexity index is 869. The fourth-order valence-electron chi connectivity index (χ4n) is 10.4. The van der Waals surface area contributed by atoms with Crippen LogP contribution in [-0.2, 0) is 0 Å². The van der Waals surface area contributed by atoms with Crippen molar-refractivity contribution in [3.63, 3.8) is 0 Å². The first-order valence-electron chi connectivity index (χ1n) is 18.4. The van der Waals surface area contributed by atoms with Gasteiger partial charge in [-0.25, -0.2) is 0 Å². The van der Waals surface area contributed by atoms with E-state index in [0.29, 0.717) is 17.4 Å². The van der Waals surface area contributed by atoms with Crippen LogP contribution in [0.1, 0.15) is 131 Å². The number of nitrogens with two attached hydrogens (primary N) is 2. The quantitative estimate of drug-likeness (QED) is 0.0605. The van der Waals surface area contributed by atoms with Gasteiger partial charge in [0, 0.05) is 24.1 Å². The summed E-state index contributed by atoms with van der Waals surface area (Å²) < 4.78 is 0. The molecule has 0 aromatic heterocycles. The van der Waals surface area contributed by atoms with Crippen LogP contribution in [0.4, 0.5) is 0 Å². The molecular weight excluding hydrogens is 567 g/mol. The summed E-state index contributed by atoms with van der Waals surface area (Å²) in [7, 11) is 4.11. The Balaban J connectivity index is 1.26. The lowest BCUT2D eigenvalue weighted by Gasteiger charge is -2.58. The molecule has 0 aromatic carbocycles. The van der Waals surface area contributed by atoms with Gasteiger partial charge in [0.25, 0.3) is 0 Å². The predicted octanol–water partition coefficient (Wildman–Crippen LogP) is 8.88. The van der Waals surface area contributed by atoms with E-state index in [1.165, 1.54) is 70.6 Å². The van der Waals surface area contributed by atoms with Gasteiger partial charge in [0.15, 0.2) is 0 Å². The molecule has 4 aliphatic carbocycles. The highest BCUT2D eigenvalue weighted by atomic mass is 33.1. The highest BCUT2D eigenvalue weighted by Gasteiger charge is 2.59. The molecule has 5 N–H and O–H groups in total. The Morgan fingerprint density at radius 1 is 0.907 bits per heavy atom. The molecule has 250 valence electrons. The molecule has 43 heavy (non-hydrogen) atoms. The van der Waals surface area contributed by atoms with Crippen LogP contribution in [-0.4, -0.2) is 53.4 Å². The Labute approximate surface area is 274 Å². The second-order valence-corrected chi connectivity index (χ2v) is 18.8. The zero-order valence-electron chi connectivity index (χ0n) is 28.7. The molecule has 0 bridgehead atoms. The molecule has 0 aromatic rings. The maximum Gasteiger partial charge on any atom is 0.108 e. The molecule has 0 spiro atoms. The number of unbranched alkanes of at least 4 members (excludes halogenated alkanes) is 1. The Morgan fingerprint density at radius 3 is 2.42 bits per heavy atom. The topological polar surface area (TPSA) is 75.5 Å². The summed E-state index contributed by atoms with van der Waals surface area (Å²) in [6.45, 7) is 16.0. The van der Waals surface area contributed by atoms with Gasteiger partial charge >= 0.3 is 0 Å². The zero-order chi connectivity index (χ0) is 31.0. The Kier molecular flexibility index (Phi) is 14.2. The Morgan fingerprint density at radius 2 is 1.67 bits per heavy atom. The summed E-state index contributed by atoms with van der Waals surface area (Å²) in [5.41, 5.74) is 14.3. The second kappa shape index (κ2) is 16.9. The third kappa shape index (κ3) is 8.80. The van der Waals surface area contributed by atoms with E-state index in [-0.39, 0.29) is 6.23 Å². The average Bonchev–Trinajstić information content (AvgIpc) is 3.34. The van der Waals surface area contributed by atoms with Gasteiger partial charge in [0.1, 0.15) is 6.23 Å². The molecule has 0 amide bonds. The number of nitrogens with zero attached hydrogens (tertiary/aromatic N) is 1. The van der Waals surface area contributed by atoms with E-state index in [0.717, 1.165) is 91.8 Å². The van der Waals surface area contributed by atoms with Crippen molar-refractivity contribution < 1.29 is 5.11 Å². The van der Waals surface area contributed by atoms with Gasteiger partial charge in [-0.3, -0.25) is 4.90 Å². The van der Waals surface area contributed by atoms with Crippen molar-refractivity contribution in [3.8, 4) is 0 Å². The van der Waals surface area contributed by atoms with Crippen molar-refractivity contribution in [2.75, 3.05) is 31.9 Å². The number of aliphatic hydroxyl groups is 1. The standard InChI is InChI=1S/C37H69N3OS2/c1-27(2)10-8-11-28(3)32-14-15-33-31-13-12-29-26-30(16-19-36(29,4)34(31)17-20-37(32,33)5)43-42-25-18-35(41)40(24-9-22-39)23-7-6-21-38/h12,27-28,30-35,41H,6-11,13-26,38-39H2,1-5H3. The van der Waals surface area contributed by atoms with E-state index in [2.05, 4.69) is 56.4 Å². The van der Waals surface area contributed by atoms with Gasteiger partial charge < -0.3 is 16.6 Å². The summed E-state index contributed by atoms with van der Waals surface area (Å²) in [4.78, 5) is 2.22. The number of fused-ring (bicyclic) bond motifs is 5. The van der Waals surface area contributed by atoms with E-state index in [9.17, 15) is 5.11 Å². The molecule has 9 atom stereocenters. The predicted molar refractivity (Wildman–Crippen MR) is 191 cm³/mol. The summed E-state index contributed by atoms with van der Waals surface area (Å²) >= 11 is 0. The second-order valence-electron chi connectivity index (χ2n) is 16.0. The largest absolute Gasteiger partial charge is 0.378 e. The number of aliphatic hydroxyl groups excluding tert-OH is 1. The number of hydrogen-bond acceptors (Lipinski definition) is 6. The van der Waals surface area contributed by atoms with Crippen LogP contribution in [0.3, 0.4) is 0 Å². The van der Waals surface area contributed by atoms with Crippen LogP contribution >= 0.6 is 21.6 Å². The zero-order valence-corrected chi connectivity index (χ0v) is 30.3. The SMILES string of the molecule is CC(C)CCCC(C)C1CCC2C3CC=C4CC(SSCCC(O)N(CCCN)CCCCN)CCC4(C)C3CCC12C. The number of allylic oxidation sites excluding steroid dienone is 2. The summed E-state index contributed by atoms with van der Waals surface area (Å²) in [5, 5.41) is 11.6. The van der Waals surface area contributed by atoms with Crippen molar-refractivity contribution in [3.05, 3.63) is 11.6 Å². The molecule has 3 saturated carbocycles. The van der Waals surface area contributed by atoms with E-state index in [1.54, 1.807) is 0 Å². The number of rotatable bonds is 18. The van der Waals surface area contributed by atoms with Crippen molar-refractivity contribution >= 4 is 21.6 Å². The highest BCUT2D eigenvalue weighted by molar-refractivity contribution is 8.76. The first-order valence-corrected chi connectivity index (χ1v) is 20.8. The first-order chi connectivity index (χ1) is 20.6. The van der Waals surface area contributed by atoms with Gasteiger partial charge in [0.2, 0.25) is 0 Å². The van der Waals surface area contributed by atoms with Crippen LogP contribution in [0.15, 0.2) is 11.6 Å². The molecule has 4 nitrogen and oxygen atoms in total. The molecule has 4 rings (SSSR count). The molecule has 0 radical (unpaired) electrons. The van der Waals surface area contributed by atoms with Crippen LogP contribution < -0.4 is 11.5 Å². The maximum absolute atomic E-state index is 10.9. The minimum absolute atomic E-state index is 0.361. The van der Waals surface area contributed by atoms with Crippen molar-refractivity contribution in [2.45, 2.75) is 142 Å². The molecule has 0 heterocycles. The van der Waals surface area contributed by atoms with Crippen molar-refractivity contribution in [1.29, 1.82) is 0 Å². The fraction of sp³-hybridized carbons (Fsp3) is 0.946. The minimum Gasteiger partial charge on any atom is -0.378 e. The normalized spacial score (nSPS) is 35.4. The highest BCUT2D eigenvalue weighted by Crippen LogP contribution is 2.67. The van der Waals surface area contributed by atoms with E-state index >= 15 is 0 Å². The maximum atomic E-state index is 10.9. The third-order valence-electron chi connectivity index (χ3n) is 12.9. The molecule has 3 fully saturated rings. The van der Waals surface area contributed by atoms with Gasteiger partial charge in [-0.2, -0.15) is 0 Å². The molecule has 6 heteroatoms. The van der Waals surface area contributed by atoms with E-state index in [1.807, 2.05) is 16.4 Å². The van der Waals surface area contributed by atoms with Crippen molar-refractivity contribution in [1.82, 2.24) is 4.90 Å². The van der Waals surface area contributed by atoms with E-state index in [4.69, 9.17) is 11.5 Å². The third-order valence-corrected chi connectivity index (χ3v) is 15.8. The van der Waals surface area contributed by atoms with Crippen molar-refractivity contribution in [2.24, 2.45) is 57.8 Å². The van der Waals surface area contributed by atoms with Gasteiger partial charge in [-0.1, -0.05) is 87.1 Å². The number of hydrogen-bond donors (Lipinski definition) is 3. The Hall–Kier alpha value is 0.280. The smallest absolute Gasteiger partial charge is 0.108 e. The minimum atomic E-state index is -0.361. The van der Waals surface area contributed by atoms with Crippen LogP contribution in [0.25, 0.3) is 0 Å². The van der Waals surface area contributed by atoms with Crippen LogP contribution in [0.5, 0.6) is 0 Å². The molecule has 4 aliphatic rings. The molecular formula is C37H69N3OS2. The fourth-order valence-corrected chi connectivity index (χ4v) is 13.1. The molecule has 0 saturated heterocycles. The summed E-state index contributed by atoms with van der Waals surface area (Å²) in [6, 6.07) is 0. The summed E-state index contributed by atoms with van der Waals surface area (Å²) in [6.07, 6.45) is 21.8. The molecule has 9 unspecified atom stereocenters. The average molecular weight is 636 g/mol. The summed E-state index contributed by atoms with van der Waals surface area (Å²) in [5.74, 6) is 6.49. The lowest BCUT2D eigenvalue weighted by Crippen LogP contribution is -2.50. The van der Waals surface area contributed by atoms with Gasteiger partial charge in [-0.15, -0.1) is 0 Å². The first kappa shape index (κ1) is 36.1. The van der Waals surface area contributed by atoms with Crippen LogP contribution in [0.2, 0.25) is 0 Å².